The fourth-order valence-corrected chi connectivity index (χ4v) is 2.51. The Morgan fingerprint density at radius 2 is 1.89 bits per heavy atom. The lowest BCUT2D eigenvalue weighted by molar-refractivity contribution is 0.248. The molecule has 0 unspecified atom stereocenters. The maximum Gasteiger partial charge on any atom is 0.225 e. The molecule has 0 aliphatic heterocycles. The van der Waals surface area contributed by atoms with Gasteiger partial charge in [-0.2, -0.15) is 4.98 Å². The van der Waals surface area contributed by atoms with Crippen molar-refractivity contribution in [3.63, 3.8) is 0 Å². The molecule has 1 atom stereocenters. The highest BCUT2D eigenvalue weighted by Crippen LogP contribution is 2.24. The smallest absolute Gasteiger partial charge is 0.225 e. The van der Waals surface area contributed by atoms with Gasteiger partial charge in [0.05, 0.1) is 18.3 Å². The molecule has 0 radical (unpaired) electrons. The zero-order valence-electron chi connectivity index (χ0n) is 15.2. The number of anilines is 3. The summed E-state index contributed by atoms with van der Waals surface area (Å²) in [7, 11) is 0. The SMILES string of the molecule is CC(C)[C@H](CO)Nc1nc(Nc2ccc(F)cc2)cc(-c2cccnc2)n1. The van der Waals surface area contributed by atoms with Crippen LogP contribution in [0.2, 0.25) is 0 Å². The van der Waals surface area contributed by atoms with Gasteiger partial charge in [0.2, 0.25) is 5.95 Å². The van der Waals surface area contributed by atoms with Gasteiger partial charge in [-0.25, -0.2) is 9.37 Å². The first-order chi connectivity index (χ1) is 13.0. The van der Waals surface area contributed by atoms with E-state index in [1.54, 1.807) is 30.6 Å². The quantitative estimate of drug-likeness (QED) is 0.588. The molecule has 1 aromatic carbocycles. The van der Waals surface area contributed by atoms with Crippen molar-refractivity contribution in [2.24, 2.45) is 5.92 Å². The molecule has 0 saturated carbocycles. The predicted octanol–water partition coefficient (Wildman–Crippen LogP) is 3.85. The molecule has 3 N–H and O–H groups in total. The van der Waals surface area contributed by atoms with E-state index in [1.807, 2.05) is 26.0 Å². The van der Waals surface area contributed by atoms with Crippen LogP contribution < -0.4 is 10.6 Å². The van der Waals surface area contributed by atoms with Gasteiger partial charge < -0.3 is 15.7 Å². The minimum Gasteiger partial charge on any atom is -0.394 e. The van der Waals surface area contributed by atoms with Gasteiger partial charge in [-0.3, -0.25) is 4.98 Å². The Hall–Kier alpha value is -3.06. The molecule has 0 amide bonds. The average Bonchev–Trinajstić information content (AvgIpc) is 2.68. The molecule has 7 heteroatoms. The molecule has 6 nitrogen and oxygen atoms in total. The van der Waals surface area contributed by atoms with Crippen molar-refractivity contribution in [1.29, 1.82) is 0 Å². The Morgan fingerprint density at radius 1 is 1.11 bits per heavy atom. The second kappa shape index (κ2) is 8.55. The number of pyridine rings is 1. The third kappa shape index (κ3) is 4.98. The van der Waals surface area contributed by atoms with Crippen molar-refractivity contribution in [2.45, 2.75) is 19.9 Å². The number of hydrogen-bond donors (Lipinski definition) is 3. The number of rotatable bonds is 7. The van der Waals surface area contributed by atoms with Crippen LogP contribution in [0, 0.1) is 11.7 Å². The molecule has 0 fully saturated rings. The van der Waals surface area contributed by atoms with Gasteiger partial charge in [0.1, 0.15) is 11.6 Å². The minimum atomic E-state index is -0.302. The number of aromatic nitrogens is 3. The summed E-state index contributed by atoms with van der Waals surface area (Å²) < 4.78 is 13.1. The molecule has 0 aliphatic carbocycles. The third-order valence-corrected chi connectivity index (χ3v) is 4.12. The van der Waals surface area contributed by atoms with Gasteiger partial charge in [0.15, 0.2) is 0 Å². The summed E-state index contributed by atoms with van der Waals surface area (Å²) in [4.78, 5) is 13.2. The van der Waals surface area contributed by atoms with Crippen molar-refractivity contribution in [3.8, 4) is 11.3 Å². The number of aliphatic hydroxyl groups is 1. The number of nitrogens with zero attached hydrogens (tertiary/aromatic N) is 3. The van der Waals surface area contributed by atoms with E-state index in [1.165, 1.54) is 12.1 Å². The van der Waals surface area contributed by atoms with Crippen LogP contribution in [0.4, 0.5) is 21.8 Å². The number of benzene rings is 1. The molecule has 2 aromatic heterocycles. The summed E-state index contributed by atoms with van der Waals surface area (Å²) in [5.74, 6) is 0.852. The lowest BCUT2D eigenvalue weighted by Crippen LogP contribution is -2.30. The van der Waals surface area contributed by atoms with Crippen LogP contribution in [0.3, 0.4) is 0 Å². The van der Waals surface area contributed by atoms with Crippen molar-refractivity contribution in [3.05, 3.63) is 60.7 Å². The maximum atomic E-state index is 13.1. The largest absolute Gasteiger partial charge is 0.394 e. The van der Waals surface area contributed by atoms with Crippen molar-refractivity contribution in [1.82, 2.24) is 15.0 Å². The zero-order valence-corrected chi connectivity index (χ0v) is 15.2. The Bertz CT molecular complexity index is 871. The number of aliphatic hydroxyl groups excluding tert-OH is 1. The minimum absolute atomic E-state index is 0.0289. The average molecular weight is 367 g/mol. The van der Waals surface area contributed by atoms with E-state index in [9.17, 15) is 9.50 Å². The van der Waals surface area contributed by atoms with Gasteiger partial charge in [-0.15, -0.1) is 0 Å². The number of halogens is 1. The van der Waals surface area contributed by atoms with Crippen LogP contribution >= 0.6 is 0 Å². The second-order valence-corrected chi connectivity index (χ2v) is 6.51. The highest BCUT2D eigenvalue weighted by Gasteiger charge is 2.15. The Kier molecular flexibility index (Phi) is 5.93. The first kappa shape index (κ1) is 18.7. The topological polar surface area (TPSA) is 83.0 Å². The highest BCUT2D eigenvalue weighted by molar-refractivity contribution is 5.66. The normalized spacial score (nSPS) is 12.0. The molecule has 3 aromatic rings. The third-order valence-electron chi connectivity index (χ3n) is 4.12. The molecule has 3 rings (SSSR count). The summed E-state index contributed by atoms with van der Waals surface area (Å²) >= 11 is 0. The van der Waals surface area contributed by atoms with Gasteiger partial charge in [0.25, 0.3) is 0 Å². The first-order valence-corrected chi connectivity index (χ1v) is 8.74. The first-order valence-electron chi connectivity index (χ1n) is 8.74. The summed E-state index contributed by atoms with van der Waals surface area (Å²) in [5.41, 5.74) is 2.24. The van der Waals surface area contributed by atoms with Crippen LogP contribution in [-0.4, -0.2) is 32.7 Å². The van der Waals surface area contributed by atoms with Crippen molar-refractivity contribution < 1.29 is 9.50 Å². The Balaban J connectivity index is 1.96. The van der Waals surface area contributed by atoms with Crippen molar-refractivity contribution >= 4 is 17.5 Å². The van der Waals surface area contributed by atoms with E-state index in [4.69, 9.17) is 0 Å². The van der Waals surface area contributed by atoms with Crippen LogP contribution in [0.25, 0.3) is 11.3 Å². The van der Waals surface area contributed by atoms with Crippen LogP contribution in [0.5, 0.6) is 0 Å². The fraction of sp³-hybridized carbons (Fsp3) is 0.250. The van der Waals surface area contributed by atoms with Gasteiger partial charge in [0, 0.05) is 29.7 Å². The molecular formula is C20H22FN5O. The maximum absolute atomic E-state index is 13.1. The van der Waals surface area contributed by atoms with E-state index >= 15 is 0 Å². The van der Waals surface area contributed by atoms with Gasteiger partial charge in [-0.05, 0) is 42.3 Å². The summed E-state index contributed by atoms with van der Waals surface area (Å²) in [6.45, 7) is 3.99. The molecule has 0 aliphatic rings. The highest BCUT2D eigenvalue weighted by atomic mass is 19.1. The number of nitrogens with one attached hydrogen (secondary N) is 2. The number of hydrogen-bond acceptors (Lipinski definition) is 6. The van der Waals surface area contributed by atoms with E-state index in [-0.39, 0.29) is 24.4 Å². The summed E-state index contributed by atoms with van der Waals surface area (Å²) in [6.07, 6.45) is 3.42. The lowest BCUT2D eigenvalue weighted by atomic mass is 10.1. The standard InChI is InChI=1S/C20H22FN5O/c1-13(2)18(12-27)25-20-24-17(14-4-3-9-22-11-14)10-19(26-20)23-16-7-5-15(21)6-8-16/h3-11,13,18,27H,12H2,1-2H3,(H2,23,24,25,26)/t18-/m0/s1. The molecule has 0 bridgehead atoms. The molecule has 0 spiro atoms. The van der Waals surface area contributed by atoms with Crippen LogP contribution in [0.15, 0.2) is 54.9 Å². The predicted molar refractivity (Wildman–Crippen MR) is 104 cm³/mol. The molecule has 27 heavy (non-hydrogen) atoms. The van der Waals surface area contributed by atoms with Gasteiger partial charge in [-0.1, -0.05) is 13.8 Å². The van der Waals surface area contributed by atoms with E-state index < -0.39 is 0 Å². The Labute approximate surface area is 157 Å². The molecule has 140 valence electrons. The zero-order chi connectivity index (χ0) is 19.2. The van der Waals surface area contributed by atoms with E-state index in [0.29, 0.717) is 23.1 Å². The Morgan fingerprint density at radius 3 is 2.52 bits per heavy atom. The van der Waals surface area contributed by atoms with Crippen LogP contribution in [0.1, 0.15) is 13.8 Å². The monoisotopic (exact) mass is 367 g/mol. The molecule has 0 saturated heterocycles. The molecular weight excluding hydrogens is 345 g/mol. The van der Waals surface area contributed by atoms with Crippen molar-refractivity contribution in [2.75, 3.05) is 17.2 Å². The fourth-order valence-electron chi connectivity index (χ4n) is 2.51. The van der Waals surface area contributed by atoms with Crippen LogP contribution in [-0.2, 0) is 0 Å². The van der Waals surface area contributed by atoms with Gasteiger partial charge >= 0.3 is 0 Å². The lowest BCUT2D eigenvalue weighted by Gasteiger charge is -2.20. The summed E-state index contributed by atoms with van der Waals surface area (Å²) in [6, 6.07) is 11.4. The summed E-state index contributed by atoms with van der Waals surface area (Å²) in [5, 5.41) is 15.9. The molecule has 2 heterocycles. The van der Waals surface area contributed by atoms with E-state index in [2.05, 4.69) is 25.6 Å². The van der Waals surface area contributed by atoms with E-state index in [0.717, 1.165) is 5.56 Å². The second-order valence-electron chi connectivity index (χ2n) is 6.51.